The van der Waals surface area contributed by atoms with Crippen molar-refractivity contribution in [3.05, 3.63) is 0 Å². The second-order valence-corrected chi connectivity index (χ2v) is 5.98. The topological polar surface area (TPSA) is 46.1 Å². The number of piperidine rings is 1. The molecule has 1 N–H and O–H groups in total. The van der Waals surface area contributed by atoms with Gasteiger partial charge in [-0.15, -0.1) is 0 Å². The second-order valence-electron chi connectivity index (χ2n) is 5.98. The molecular weight excluding hydrogens is 242 g/mol. The molecule has 3 aliphatic heterocycles. The molecule has 0 saturated carbocycles. The molecule has 2 atom stereocenters. The Kier molecular flexibility index (Phi) is 4.05. The van der Waals surface area contributed by atoms with E-state index in [1.54, 1.807) is 0 Å². The average Bonchev–Trinajstić information content (AvgIpc) is 3.02. The average molecular weight is 267 g/mol. The van der Waals surface area contributed by atoms with Crippen LogP contribution in [0.1, 0.15) is 32.6 Å². The summed E-state index contributed by atoms with van der Waals surface area (Å²) in [4.78, 5) is 6.93. The van der Waals surface area contributed by atoms with E-state index in [4.69, 9.17) is 9.47 Å². The number of amidine groups is 1. The van der Waals surface area contributed by atoms with Crippen LogP contribution in [0.4, 0.5) is 0 Å². The third-order valence-electron chi connectivity index (χ3n) is 4.13. The highest BCUT2D eigenvalue weighted by molar-refractivity contribution is 5.84. The third kappa shape index (κ3) is 3.46. The molecule has 3 heterocycles. The first-order valence-electron chi connectivity index (χ1n) is 7.55. The molecule has 5 nitrogen and oxygen atoms in total. The fourth-order valence-corrected chi connectivity index (χ4v) is 3.17. The smallest absolute Gasteiger partial charge is 0.173 e. The van der Waals surface area contributed by atoms with Crippen molar-refractivity contribution >= 4 is 5.84 Å². The van der Waals surface area contributed by atoms with Crippen LogP contribution in [0.5, 0.6) is 0 Å². The SMILES string of the molecule is C[C@]1(CC2=NCCN2)OC[C@H](CN2CCCCC2)O1. The Balaban J connectivity index is 1.48. The lowest BCUT2D eigenvalue weighted by molar-refractivity contribution is -0.149. The van der Waals surface area contributed by atoms with Crippen molar-refractivity contribution in [2.45, 2.75) is 44.5 Å². The first kappa shape index (κ1) is 13.3. The molecule has 0 bridgehead atoms. The van der Waals surface area contributed by atoms with Crippen LogP contribution in [0.3, 0.4) is 0 Å². The number of nitrogens with zero attached hydrogens (tertiary/aromatic N) is 2. The summed E-state index contributed by atoms with van der Waals surface area (Å²) in [7, 11) is 0. The van der Waals surface area contributed by atoms with E-state index in [0.29, 0.717) is 6.61 Å². The molecule has 108 valence electrons. The van der Waals surface area contributed by atoms with Gasteiger partial charge >= 0.3 is 0 Å². The van der Waals surface area contributed by atoms with E-state index in [1.807, 2.05) is 6.92 Å². The Labute approximate surface area is 115 Å². The van der Waals surface area contributed by atoms with E-state index in [1.165, 1.54) is 32.4 Å². The Morgan fingerprint density at radius 1 is 1.37 bits per heavy atom. The Morgan fingerprint density at radius 2 is 2.21 bits per heavy atom. The summed E-state index contributed by atoms with van der Waals surface area (Å²) >= 11 is 0. The Bertz CT molecular complexity index is 342. The summed E-state index contributed by atoms with van der Waals surface area (Å²) in [5.41, 5.74) is 0. The van der Waals surface area contributed by atoms with Gasteiger partial charge in [0, 0.05) is 13.1 Å². The van der Waals surface area contributed by atoms with Crippen LogP contribution in [-0.4, -0.2) is 62.0 Å². The summed E-state index contributed by atoms with van der Waals surface area (Å²) in [5.74, 6) is 0.539. The van der Waals surface area contributed by atoms with Crippen LogP contribution in [0.15, 0.2) is 4.99 Å². The highest BCUT2D eigenvalue weighted by Gasteiger charge is 2.39. The fourth-order valence-electron chi connectivity index (χ4n) is 3.17. The molecule has 0 aromatic rings. The number of aliphatic imine (C=N–C) groups is 1. The summed E-state index contributed by atoms with van der Waals surface area (Å²) in [6.45, 7) is 8.00. The van der Waals surface area contributed by atoms with Gasteiger partial charge in [-0.2, -0.15) is 0 Å². The van der Waals surface area contributed by atoms with Crippen molar-refractivity contribution in [2.75, 3.05) is 39.3 Å². The van der Waals surface area contributed by atoms with Gasteiger partial charge in [-0.05, 0) is 32.9 Å². The lowest BCUT2D eigenvalue weighted by atomic mass is 10.1. The van der Waals surface area contributed by atoms with Gasteiger partial charge in [0.1, 0.15) is 5.84 Å². The van der Waals surface area contributed by atoms with Crippen LogP contribution in [0, 0.1) is 0 Å². The number of ether oxygens (including phenoxy) is 2. The van der Waals surface area contributed by atoms with E-state index in [0.717, 1.165) is 31.9 Å². The summed E-state index contributed by atoms with van der Waals surface area (Å²) in [5, 5.41) is 3.28. The molecule has 2 saturated heterocycles. The normalized spacial score (nSPS) is 36.3. The number of likely N-dealkylation sites (tertiary alicyclic amines) is 1. The largest absolute Gasteiger partial charge is 0.372 e. The van der Waals surface area contributed by atoms with Crippen molar-refractivity contribution in [3.8, 4) is 0 Å². The van der Waals surface area contributed by atoms with Gasteiger partial charge in [-0.1, -0.05) is 6.42 Å². The predicted molar refractivity (Wildman–Crippen MR) is 74.4 cm³/mol. The highest BCUT2D eigenvalue weighted by atomic mass is 16.7. The van der Waals surface area contributed by atoms with E-state index >= 15 is 0 Å². The zero-order chi connectivity index (χ0) is 13.1. The molecule has 2 fully saturated rings. The number of nitrogens with one attached hydrogen (secondary N) is 1. The van der Waals surface area contributed by atoms with Crippen molar-refractivity contribution < 1.29 is 9.47 Å². The molecule has 3 aliphatic rings. The van der Waals surface area contributed by atoms with Crippen LogP contribution >= 0.6 is 0 Å². The molecule has 3 rings (SSSR count). The quantitative estimate of drug-likeness (QED) is 0.825. The summed E-state index contributed by atoms with van der Waals surface area (Å²) in [6.07, 6.45) is 4.98. The summed E-state index contributed by atoms with van der Waals surface area (Å²) < 4.78 is 12.0. The molecular formula is C14H25N3O2. The Morgan fingerprint density at radius 3 is 2.95 bits per heavy atom. The molecule has 0 spiro atoms. The molecule has 5 heteroatoms. The molecule has 0 aromatic carbocycles. The first-order valence-corrected chi connectivity index (χ1v) is 7.55. The third-order valence-corrected chi connectivity index (χ3v) is 4.13. The zero-order valence-electron chi connectivity index (χ0n) is 11.9. The van der Waals surface area contributed by atoms with E-state index in [2.05, 4.69) is 15.2 Å². The van der Waals surface area contributed by atoms with Crippen LogP contribution in [0.25, 0.3) is 0 Å². The van der Waals surface area contributed by atoms with Crippen molar-refractivity contribution in [1.29, 1.82) is 0 Å². The lowest BCUT2D eigenvalue weighted by Gasteiger charge is -2.29. The van der Waals surface area contributed by atoms with E-state index in [9.17, 15) is 0 Å². The number of rotatable bonds is 4. The number of hydrogen-bond acceptors (Lipinski definition) is 5. The molecule has 0 aliphatic carbocycles. The van der Waals surface area contributed by atoms with Gasteiger partial charge in [0.15, 0.2) is 5.79 Å². The maximum absolute atomic E-state index is 6.13. The molecule has 0 amide bonds. The zero-order valence-corrected chi connectivity index (χ0v) is 11.9. The van der Waals surface area contributed by atoms with Crippen molar-refractivity contribution in [3.63, 3.8) is 0 Å². The lowest BCUT2D eigenvalue weighted by Crippen LogP contribution is -2.39. The minimum Gasteiger partial charge on any atom is -0.372 e. The van der Waals surface area contributed by atoms with Crippen LogP contribution in [-0.2, 0) is 9.47 Å². The highest BCUT2D eigenvalue weighted by Crippen LogP contribution is 2.28. The van der Waals surface area contributed by atoms with Crippen LogP contribution < -0.4 is 5.32 Å². The molecule has 0 aromatic heterocycles. The minimum absolute atomic E-state index is 0.213. The predicted octanol–water partition coefficient (Wildman–Crippen LogP) is 0.996. The Hall–Kier alpha value is -0.650. The summed E-state index contributed by atoms with van der Waals surface area (Å²) in [6, 6.07) is 0. The molecule has 0 radical (unpaired) electrons. The van der Waals surface area contributed by atoms with E-state index in [-0.39, 0.29) is 6.10 Å². The van der Waals surface area contributed by atoms with Crippen molar-refractivity contribution in [1.82, 2.24) is 10.2 Å². The van der Waals surface area contributed by atoms with Gasteiger partial charge in [0.05, 0.1) is 25.7 Å². The maximum Gasteiger partial charge on any atom is 0.173 e. The fraction of sp³-hybridized carbons (Fsp3) is 0.929. The van der Waals surface area contributed by atoms with Crippen molar-refractivity contribution in [2.24, 2.45) is 4.99 Å². The maximum atomic E-state index is 6.13. The van der Waals surface area contributed by atoms with Gasteiger partial charge in [0.25, 0.3) is 0 Å². The molecule has 0 unspecified atom stereocenters. The number of hydrogen-bond donors (Lipinski definition) is 1. The standard InChI is InChI=1S/C14H25N3O2/c1-14(9-13-15-5-6-16-13)18-11-12(19-14)10-17-7-3-2-4-8-17/h12H,2-11H2,1H3,(H,15,16)/t12-,14-/m0/s1. The van der Waals surface area contributed by atoms with Gasteiger partial charge in [0.2, 0.25) is 0 Å². The van der Waals surface area contributed by atoms with E-state index < -0.39 is 5.79 Å². The minimum atomic E-state index is -0.489. The first-order chi connectivity index (χ1) is 9.23. The van der Waals surface area contributed by atoms with Gasteiger partial charge in [-0.25, -0.2) is 0 Å². The monoisotopic (exact) mass is 267 g/mol. The van der Waals surface area contributed by atoms with Crippen LogP contribution in [0.2, 0.25) is 0 Å². The van der Waals surface area contributed by atoms with Gasteiger partial charge in [-0.3, -0.25) is 4.99 Å². The second kappa shape index (κ2) is 5.77. The molecule has 19 heavy (non-hydrogen) atoms. The van der Waals surface area contributed by atoms with Gasteiger partial charge < -0.3 is 19.7 Å².